The van der Waals surface area contributed by atoms with Crippen molar-refractivity contribution in [2.45, 2.75) is 12.6 Å². The van der Waals surface area contributed by atoms with E-state index in [4.69, 9.17) is 0 Å². The molecule has 3 aromatic rings. The van der Waals surface area contributed by atoms with Gasteiger partial charge in [0.25, 0.3) is 0 Å². The summed E-state index contributed by atoms with van der Waals surface area (Å²) >= 11 is 3.41. The molecule has 2 aromatic carbocycles. The third kappa shape index (κ3) is 3.49. The lowest BCUT2D eigenvalue weighted by atomic mass is 10.1. The number of fused-ring (bicyclic) bond motifs is 1. The molecule has 122 valence electrons. The average Bonchev–Trinajstić information content (AvgIpc) is 2.95. The number of nitrogens with zero attached hydrogens (tertiary/aromatic N) is 1. The van der Waals surface area contributed by atoms with Gasteiger partial charge in [0.15, 0.2) is 6.04 Å². The van der Waals surface area contributed by atoms with Crippen LogP contribution in [0, 0.1) is 0 Å². The van der Waals surface area contributed by atoms with Crippen LogP contribution in [0.3, 0.4) is 0 Å². The fraction of sp³-hybridized carbons (Fsp3) is 0.111. The third-order valence-corrected chi connectivity index (χ3v) is 4.23. The van der Waals surface area contributed by atoms with E-state index in [1.165, 1.54) is 0 Å². The summed E-state index contributed by atoms with van der Waals surface area (Å²) in [5, 5.41) is 13.0. The van der Waals surface area contributed by atoms with Crippen molar-refractivity contribution in [2.75, 3.05) is 0 Å². The molecule has 0 saturated carbocycles. The van der Waals surface area contributed by atoms with Crippen molar-refractivity contribution in [3.63, 3.8) is 0 Å². The molecule has 1 atom stereocenters. The topological polar surface area (TPSA) is 71.3 Å². The normalized spacial score (nSPS) is 12.0. The molecule has 0 aliphatic heterocycles. The van der Waals surface area contributed by atoms with Crippen LogP contribution in [0.25, 0.3) is 10.9 Å². The van der Waals surface area contributed by atoms with Crippen molar-refractivity contribution in [2.24, 2.45) is 0 Å². The van der Waals surface area contributed by atoms with Crippen LogP contribution in [0.4, 0.5) is 0 Å². The summed E-state index contributed by atoms with van der Waals surface area (Å²) in [6.45, 7) is 0.0573. The molecule has 0 radical (unpaired) electrons. The minimum absolute atomic E-state index is 0.0573. The molecule has 0 saturated heterocycles. The van der Waals surface area contributed by atoms with E-state index in [0.29, 0.717) is 5.56 Å². The molecule has 1 heterocycles. The number of aliphatic carboxylic acids is 1. The van der Waals surface area contributed by atoms with Crippen LogP contribution in [0.15, 0.2) is 65.3 Å². The fourth-order valence-corrected chi connectivity index (χ4v) is 2.98. The highest BCUT2D eigenvalue weighted by molar-refractivity contribution is 9.10. The number of benzene rings is 2. The lowest BCUT2D eigenvalue weighted by molar-refractivity contribution is -0.142. The Morgan fingerprint density at radius 3 is 2.58 bits per heavy atom. The molecule has 6 heteroatoms. The number of nitrogens with one attached hydrogen (secondary N) is 1. The van der Waals surface area contributed by atoms with Crippen molar-refractivity contribution in [3.05, 3.63) is 70.8 Å². The van der Waals surface area contributed by atoms with Gasteiger partial charge >= 0.3 is 5.97 Å². The largest absolute Gasteiger partial charge is 0.479 e. The Bertz CT molecular complexity index is 890. The summed E-state index contributed by atoms with van der Waals surface area (Å²) in [6, 6.07) is 15.3. The second kappa shape index (κ2) is 6.88. The average molecular weight is 387 g/mol. The molecule has 0 spiro atoms. The van der Waals surface area contributed by atoms with Crippen LogP contribution >= 0.6 is 15.9 Å². The molecule has 1 aromatic heterocycles. The Morgan fingerprint density at radius 1 is 1.12 bits per heavy atom. The Morgan fingerprint density at radius 2 is 1.88 bits per heavy atom. The number of hydrogen-bond donors (Lipinski definition) is 2. The summed E-state index contributed by atoms with van der Waals surface area (Å²) in [7, 11) is 0. The van der Waals surface area contributed by atoms with Gasteiger partial charge in [-0.2, -0.15) is 0 Å². The number of amides is 1. The fourth-order valence-electron chi connectivity index (χ4n) is 2.60. The number of carboxylic acid groups (broad SMARTS) is 1. The molecule has 1 amide bonds. The van der Waals surface area contributed by atoms with Crippen molar-refractivity contribution in [1.82, 2.24) is 9.88 Å². The zero-order chi connectivity index (χ0) is 17.1. The molecule has 0 fully saturated rings. The van der Waals surface area contributed by atoms with Crippen molar-refractivity contribution in [1.29, 1.82) is 0 Å². The smallest absolute Gasteiger partial charge is 0.330 e. The van der Waals surface area contributed by atoms with Crippen molar-refractivity contribution in [3.8, 4) is 0 Å². The first-order valence-electron chi connectivity index (χ1n) is 7.36. The Kier molecular flexibility index (Phi) is 4.66. The highest BCUT2D eigenvalue weighted by Gasteiger charge is 2.22. The van der Waals surface area contributed by atoms with Gasteiger partial charge in [0.05, 0.1) is 0 Å². The lowest BCUT2D eigenvalue weighted by Gasteiger charge is -2.15. The number of rotatable bonds is 5. The van der Waals surface area contributed by atoms with E-state index in [2.05, 4.69) is 21.2 Å². The Balaban J connectivity index is 1.77. The molecular weight excluding hydrogens is 372 g/mol. The van der Waals surface area contributed by atoms with Gasteiger partial charge in [-0.25, -0.2) is 4.79 Å². The van der Waals surface area contributed by atoms with Gasteiger partial charge in [-0.1, -0.05) is 46.3 Å². The summed E-state index contributed by atoms with van der Waals surface area (Å²) in [4.78, 5) is 23.8. The van der Waals surface area contributed by atoms with Gasteiger partial charge in [-0.05, 0) is 29.8 Å². The van der Waals surface area contributed by atoms with E-state index in [9.17, 15) is 14.7 Å². The second-order valence-corrected chi connectivity index (χ2v) is 6.31. The maximum Gasteiger partial charge on any atom is 0.330 e. The standard InChI is InChI=1S/C18H15BrN2O3/c19-14-6-7-15-13(10-14)8-9-21(15)11-16(22)20-17(18(23)24)12-4-2-1-3-5-12/h1-10,17H,11H2,(H,20,22)(H,23,24). The third-order valence-electron chi connectivity index (χ3n) is 3.73. The highest BCUT2D eigenvalue weighted by Crippen LogP contribution is 2.21. The lowest BCUT2D eigenvalue weighted by Crippen LogP contribution is -2.35. The highest BCUT2D eigenvalue weighted by atomic mass is 79.9. The monoisotopic (exact) mass is 386 g/mol. The predicted octanol–water partition coefficient (Wildman–Crippen LogP) is 3.35. The SMILES string of the molecule is O=C(Cn1ccc2cc(Br)ccc21)NC(C(=O)O)c1ccccc1. The number of halogens is 1. The van der Waals surface area contributed by atoms with Crippen LogP contribution in [-0.2, 0) is 16.1 Å². The summed E-state index contributed by atoms with van der Waals surface area (Å²) < 4.78 is 2.76. The number of carbonyl (C=O) groups excluding carboxylic acids is 1. The first kappa shape index (κ1) is 16.3. The summed E-state index contributed by atoms with van der Waals surface area (Å²) in [5.74, 6) is -1.44. The molecule has 0 bridgehead atoms. The molecule has 0 aliphatic carbocycles. The van der Waals surface area contributed by atoms with Crippen molar-refractivity contribution < 1.29 is 14.7 Å². The molecule has 5 nitrogen and oxygen atoms in total. The van der Waals surface area contributed by atoms with E-state index >= 15 is 0 Å². The minimum atomic E-state index is -1.09. The maximum atomic E-state index is 12.3. The summed E-state index contributed by atoms with van der Waals surface area (Å²) in [5.41, 5.74) is 1.46. The van der Waals surface area contributed by atoms with E-state index in [1.54, 1.807) is 34.9 Å². The van der Waals surface area contributed by atoms with Gasteiger partial charge in [0.1, 0.15) is 6.54 Å². The van der Waals surface area contributed by atoms with E-state index in [1.807, 2.05) is 30.5 Å². The van der Waals surface area contributed by atoms with Crippen LogP contribution < -0.4 is 5.32 Å². The van der Waals surface area contributed by atoms with E-state index in [0.717, 1.165) is 15.4 Å². The van der Waals surface area contributed by atoms with Crippen LogP contribution in [0.1, 0.15) is 11.6 Å². The number of aromatic nitrogens is 1. The number of hydrogen-bond acceptors (Lipinski definition) is 2. The molecule has 3 rings (SSSR count). The predicted molar refractivity (Wildman–Crippen MR) is 94.6 cm³/mol. The molecule has 0 aliphatic rings. The first-order valence-corrected chi connectivity index (χ1v) is 8.15. The van der Waals surface area contributed by atoms with Gasteiger partial charge in [0.2, 0.25) is 5.91 Å². The zero-order valence-electron chi connectivity index (χ0n) is 12.6. The summed E-state index contributed by atoms with van der Waals surface area (Å²) in [6.07, 6.45) is 1.81. The van der Waals surface area contributed by atoms with Crippen molar-refractivity contribution >= 4 is 38.7 Å². The van der Waals surface area contributed by atoms with Gasteiger partial charge in [-0.15, -0.1) is 0 Å². The van der Waals surface area contributed by atoms with Gasteiger partial charge < -0.3 is 15.0 Å². The molecular formula is C18H15BrN2O3. The van der Waals surface area contributed by atoms with Crippen LogP contribution in [0.5, 0.6) is 0 Å². The van der Waals surface area contributed by atoms with Crippen LogP contribution in [0.2, 0.25) is 0 Å². The molecule has 1 unspecified atom stereocenters. The first-order chi connectivity index (χ1) is 11.5. The Hall–Kier alpha value is -2.60. The zero-order valence-corrected chi connectivity index (χ0v) is 14.2. The second-order valence-electron chi connectivity index (χ2n) is 5.40. The molecule has 2 N–H and O–H groups in total. The maximum absolute atomic E-state index is 12.3. The Labute approximate surface area is 147 Å². The number of carboxylic acids is 1. The minimum Gasteiger partial charge on any atom is -0.479 e. The molecule has 24 heavy (non-hydrogen) atoms. The van der Waals surface area contributed by atoms with E-state index < -0.39 is 12.0 Å². The van der Waals surface area contributed by atoms with Gasteiger partial charge in [0, 0.05) is 21.6 Å². The van der Waals surface area contributed by atoms with Gasteiger partial charge in [-0.3, -0.25) is 4.79 Å². The van der Waals surface area contributed by atoms with E-state index in [-0.39, 0.29) is 12.5 Å². The quantitative estimate of drug-likeness (QED) is 0.706. The van der Waals surface area contributed by atoms with Crippen LogP contribution in [-0.4, -0.2) is 21.6 Å². The number of carbonyl (C=O) groups is 2.